The van der Waals surface area contributed by atoms with E-state index in [-0.39, 0.29) is 5.69 Å². The van der Waals surface area contributed by atoms with Crippen LogP contribution in [-0.4, -0.2) is 35.4 Å². The summed E-state index contributed by atoms with van der Waals surface area (Å²) < 4.78 is 39.8. The molecule has 1 N–H and O–H groups in total. The van der Waals surface area contributed by atoms with E-state index in [1.165, 1.54) is 9.65 Å². The second kappa shape index (κ2) is 7.09. The molecule has 0 aliphatic carbocycles. The minimum Gasteiger partial charge on any atom is -0.162 e. The first kappa shape index (κ1) is 20.1. The van der Waals surface area contributed by atoms with Gasteiger partial charge in [-0.25, -0.2) is 0 Å². The first-order valence-electron chi connectivity index (χ1n) is 8.35. The molecule has 3 aromatic rings. The van der Waals surface area contributed by atoms with Crippen molar-refractivity contribution < 1.29 is 18.0 Å². The molecule has 0 aliphatic heterocycles. The van der Waals surface area contributed by atoms with Crippen molar-refractivity contribution in [2.45, 2.75) is 27.9 Å². The molecule has 3 nitrogen and oxygen atoms in total. The third kappa shape index (κ3) is 4.45. The number of benzene rings is 2. The van der Waals surface area contributed by atoms with Gasteiger partial charge in [-0.05, 0) is 0 Å². The van der Waals surface area contributed by atoms with E-state index < -0.39 is 30.5 Å². The number of alkyl halides is 3. The zero-order valence-electron chi connectivity index (χ0n) is 15.4. The predicted molar refractivity (Wildman–Crippen MR) is 107 cm³/mol. The fourth-order valence-corrected chi connectivity index (χ4v) is 6.88. The van der Waals surface area contributed by atoms with E-state index >= 15 is 0 Å². The van der Waals surface area contributed by atoms with E-state index in [1.54, 1.807) is 30.4 Å². The van der Waals surface area contributed by atoms with Gasteiger partial charge in [0.05, 0.1) is 0 Å². The second-order valence-corrected chi connectivity index (χ2v) is 23.0. The van der Waals surface area contributed by atoms with Crippen LogP contribution in [0.1, 0.15) is 5.56 Å². The topological polar surface area (TPSA) is 42.0 Å². The number of aryl methyl sites for hydroxylation is 1. The Hall–Kier alpha value is -1.61. The molecule has 0 atom stereocenters. The number of nitrogens with one attached hydrogen (secondary N) is 1. The first-order chi connectivity index (χ1) is 12.4. The number of amides is 1. The quantitative estimate of drug-likeness (QED) is 0.497. The van der Waals surface area contributed by atoms with Gasteiger partial charge >= 0.3 is 151 Å². The summed E-state index contributed by atoms with van der Waals surface area (Å²) in [6.07, 6.45) is -4.91. The van der Waals surface area contributed by atoms with Gasteiger partial charge in [0.1, 0.15) is 0 Å². The SMILES string of the molecule is Cc1cc(-c2nc3c[c]([Sn]([CH3])([CH3])[CH3])ccc3s2)ccc1NC(=O)C(F)(F)F. The fourth-order valence-electron chi connectivity index (χ4n) is 2.65. The number of rotatable bonds is 3. The molecule has 0 saturated heterocycles. The van der Waals surface area contributed by atoms with Gasteiger partial charge in [0.2, 0.25) is 0 Å². The summed E-state index contributed by atoms with van der Waals surface area (Å²) in [7, 11) is 0. The van der Waals surface area contributed by atoms with Crippen LogP contribution in [0.5, 0.6) is 0 Å². The van der Waals surface area contributed by atoms with Crippen molar-refractivity contribution in [1.29, 1.82) is 0 Å². The zero-order chi connectivity index (χ0) is 20.0. The van der Waals surface area contributed by atoms with Gasteiger partial charge < -0.3 is 0 Å². The molecule has 3 rings (SSSR count). The van der Waals surface area contributed by atoms with Gasteiger partial charge in [-0.15, -0.1) is 0 Å². The number of fused-ring (bicyclic) bond motifs is 1. The Labute approximate surface area is 163 Å². The number of hydrogen-bond donors (Lipinski definition) is 1. The molecule has 2 aromatic carbocycles. The van der Waals surface area contributed by atoms with Gasteiger partial charge in [-0.2, -0.15) is 13.2 Å². The summed E-state index contributed by atoms with van der Waals surface area (Å²) in [5, 5.41) is 2.71. The zero-order valence-corrected chi connectivity index (χ0v) is 19.0. The Bertz CT molecular complexity index is 1020. The van der Waals surface area contributed by atoms with Gasteiger partial charge in [0, 0.05) is 0 Å². The van der Waals surface area contributed by atoms with Crippen molar-refractivity contribution in [3.05, 3.63) is 42.0 Å². The van der Waals surface area contributed by atoms with Crippen LogP contribution in [0.4, 0.5) is 18.9 Å². The number of carbonyl (C=O) groups is 1. The maximum absolute atomic E-state index is 12.4. The molecule has 1 amide bonds. The molecule has 0 unspecified atom stereocenters. The van der Waals surface area contributed by atoms with Crippen molar-refractivity contribution in [1.82, 2.24) is 4.98 Å². The van der Waals surface area contributed by atoms with E-state index in [0.29, 0.717) is 5.56 Å². The summed E-state index contributed by atoms with van der Waals surface area (Å²) in [4.78, 5) is 22.9. The number of hydrogen-bond acceptors (Lipinski definition) is 3. The van der Waals surface area contributed by atoms with Crippen LogP contribution in [0, 0.1) is 6.92 Å². The second-order valence-electron chi connectivity index (χ2n) is 7.43. The molecule has 0 aliphatic rings. The number of carbonyl (C=O) groups excluding carboxylic acids is 1. The van der Waals surface area contributed by atoms with Crippen LogP contribution in [0.25, 0.3) is 20.8 Å². The van der Waals surface area contributed by atoms with Crippen LogP contribution in [0.15, 0.2) is 36.4 Å². The molecule has 142 valence electrons. The minimum absolute atomic E-state index is 0.145. The monoisotopic (exact) mass is 500 g/mol. The number of nitrogens with zero attached hydrogens (tertiary/aromatic N) is 1. The summed E-state index contributed by atoms with van der Waals surface area (Å²) in [6, 6.07) is 11.3. The third-order valence-corrected chi connectivity index (χ3v) is 11.1. The minimum atomic E-state index is -4.91. The molecule has 0 spiro atoms. The van der Waals surface area contributed by atoms with Gasteiger partial charge in [0.15, 0.2) is 0 Å². The average molecular weight is 499 g/mol. The molecule has 1 heterocycles. The molecule has 0 saturated carbocycles. The molecular formula is C19H19F3N2OSSn. The van der Waals surface area contributed by atoms with Crippen molar-refractivity contribution in [3.8, 4) is 10.6 Å². The Kier molecular flexibility index (Phi) is 5.28. The van der Waals surface area contributed by atoms with Gasteiger partial charge in [0.25, 0.3) is 0 Å². The Morgan fingerprint density at radius 2 is 1.81 bits per heavy atom. The van der Waals surface area contributed by atoms with Crippen LogP contribution < -0.4 is 8.90 Å². The van der Waals surface area contributed by atoms with Crippen LogP contribution in [0.2, 0.25) is 14.8 Å². The van der Waals surface area contributed by atoms with Crippen molar-refractivity contribution in [2.75, 3.05) is 5.32 Å². The molecule has 8 heteroatoms. The molecule has 0 fully saturated rings. The molecule has 27 heavy (non-hydrogen) atoms. The van der Waals surface area contributed by atoms with E-state index in [2.05, 4.69) is 33.0 Å². The maximum atomic E-state index is 12.4. The average Bonchev–Trinajstić information content (AvgIpc) is 2.98. The van der Waals surface area contributed by atoms with Crippen molar-refractivity contribution >= 4 is 55.1 Å². The van der Waals surface area contributed by atoms with Crippen LogP contribution >= 0.6 is 11.3 Å². The Morgan fingerprint density at radius 1 is 1.11 bits per heavy atom. The summed E-state index contributed by atoms with van der Waals surface area (Å²) >= 11 is -0.634. The summed E-state index contributed by atoms with van der Waals surface area (Å²) in [5.74, 6) is -1.97. The fraction of sp³-hybridized carbons (Fsp3) is 0.263. The predicted octanol–water partition coefficient (Wildman–Crippen LogP) is 5.32. The Morgan fingerprint density at radius 3 is 2.41 bits per heavy atom. The van der Waals surface area contributed by atoms with Gasteiger partial charge in [-0.3, -0.25) is 0 Å². The number of aromatic nitrogens is 1. The molecule has 0 radical (unpaired) electrons. The van der Waals surface area contributed by atoms with Gasteiger partial charge in [-0.1, -0.05) is 0 Å². The van der Waals surface area contributed by atoms with E-state index in [0.717, 1.165) is 20.8 Å². The molecule has 1 aromatic heterocycles. The standard InChI is InChI=1S/C16H10F3N2OS.3CH3.Sn/c1-9-8-10(6-7-11(9)21-15(22)16(17,18)19)14-20-12-4-2-3-5-13(12)23-14;;;;/h3-8H,1H3,(H,21,22);3*1H3;. The number of thiazole rings is 1. The van der Waals surface area contributed by atoms with Crippen molar-refractivity contribution in [2.24, 2.45) is 0 Å². The van der Waals surface area contributed by atoms with E-state index in [9.17, 15) is 18.0 Å². The van der Waals surface area contributed by atoms with E-state index in [4.69, 9.17) is 4.98 Å². The summed E-state index contributed by atoms with van der Waals surface area (Å²) in [6.45, 7) is 1.66. The van der Waals surface area contributed by atoms with Crippen LogP contribution in [-0.2, 0) is 4.79 Å². The van der Waals surface area contributed by atoms with Crippen LogP contribution in [0.3, 0.4) is 0 Å². The smallest absolute Gasteiger partial charge is 0.162 e. The normalized spacial score (nSPS) is 12.4. The Balaban J connectivity index is 1.93. The summed E-state index contributed by atoms with van der Waals surface area (Å²) in [5.41, 5.74) is 2.47. The molecule has 0 bridgehead atoms. The third-order valence-electron chi connectivity index (χ3n) is 4.23. The first-order valence-corrected chi connectivity index (χ1v) is 19.2. The van der Waals surface area contributed by atoms with Crippen molar-refractivity contribution in [3.63, 3.8) is 0 Å². The molecular weight excluding hydrogens is 480 g/mol. The number of anilines is 1. The number of halogens is 3. The van der Waals surface area contributed by atoms with E-state index in [1.807, 2.05) is 5.32 Å².